The van der Waals surface area contributed by atoms with Gasteiger partial charge in [-0.05, 0) is 31.2 Å². The van der Waals surface area contributed by atoms with Gasteiger partial charge in [-0.1, -0.05) is 77.6 Å². The minimum atomic E-state index is 1.09. The molecule has 122 valence electrons. The molecule has 0 bridgehead atoms. The minimum absolute atomic E-state index is 1.09. The van der Waals surface area contributed by atoms with E-state index in [0.29, 0.717) is 0 Å². The summed E-state index contributed by atoms with van der Waals surface area (Å²) in [4.78, 5) is 0. The molecule has 0 spiro atoms. The van der Waals surface area contributed by atoms with Crippen LogP contribution in [0.5, 0.6) is 0 Å². The van der Waals surface area contributed by atoms with E-state index in [1.807, 2.05) is 24.3 Å². The molecule has 0 aliphatic rings. The summed E-state index contributed by atoms with van der Waals surface area (Å²) in [6, 6.07) is 29.5. The van der Waals surface area contributed by atoms with Gasteiger partial charge >= 0.3 is 5.13 Å². The average Bonchev–Trinajstić information content (AvgIpc) is 3.07. The Balaban J connectivity index is 1.83. The molecule has 1 heterocycles. The van der Waals surface area contributed by atoms with Crippen LogP contribution in [0.1, 0.15) is 5.56 Å². The number of nitrogens with zero attached hydrogens (tertiary/aromatic N) is 1. The van der Waals surface area contributed by atoms with Gasteiger partial charge in [-0.3, -0.25) is 0 Å². The van der Waals surface area contributed by atoms with E-state index >= 15 is 0 Å². The highest BCUT2D eigenvalue weighted by Crippen LogP contribution is 2.27. The van der Waals surface area contributed by atoms with Crippen molar-refractivity contribution >= 4 is 22.2 Å². The number of anilines is 2. The zero-order chi connectivity index (χ0) is 17.1. The van der Waals surface area contributed by atoms with Crippen molar-refractivity contribution in [2.45, 2.75) is 6.92 Å². The van der Waals surface area contributed by atoms with E-state index in [4.69, 9.17) is 0 Å². The standard InChI is InChI=1S/C22H18N2S/c1-17-12-14-18(15-13-17)21-16-25-22(23-19-8-4-2-5-9-19)24(21)20-10-6-3-7-11-20/h2-16H,1H3/p+1. The monoisotopic (exact) mass is 343 g/mol. The molecule has 0 atom stereocenters. The molecule has 0 aliphatic carbocycles. The SMILES string of the molecule is Cc1ccc(-c2csc(Nc3ccccc3)[n+]2-c2ccccc2)cc1. The fourth-order valence-corrected chi connectivity index (χ4v) is 3.76. The lowest BCUT2D eigenvalue weighted by Gasteiger charge is -2.06. The van der Waals surface area contributed by atoms with Crippen LogP contribution in [0.15, 0.2) is 90.3 Å². The topological polar surface area (TPSA) is 15.9 Å². The summed E-state index contributed by atoms with van der Waals surface area (Å²) >= 11 is 1.72. The maximum absolute atomic E-state index is 3.55. The second-order valence-electron chi connectivity index (χ2n) is 5.95. The first kappa shape index (κ1) is 15.6. The smallest absolute Gasteiger partial charge is 0.231 e. The zero-order valence-corrected chi connectivity index (χ0v) is 14.8. The van der Waals surface area contributed by atoms with Crippen LogP contribution in [0.25, 0.3) is 16.9 Å². The Hall–Kier alpha value is -2.91. The van der Waals surface area contributed by atoms with Crippen molar-refractivity contribution < 1.29 is 4.57 Å². The van der Waals surface area contributed by atoms with Crippen LogP contribution < -0.4 is 9.88 Å². The largest absolute Gasteiger partial charge is 0.344 e. The summed E-state index contributed by atoms with van der Waals surface area (Å²) in [6.45, 7) is 2.12. The molecule has 0 radical (unpaired) electrons. The van der Waals surface area contributed by atoms with Gasteiger partial charge in [-0.2, -0.15) is 4.57 Å². The summed E-state index contributed by atoms with van der Waals surface area (Å²) in [5.41, 5.74) is 5.91. The van der Waals surface area contributed by atoms with Gasteiger partial charge in [0, 0.05) is 10.9 Å². The first-order valence-corrected chi connectivity index (χ1v) is 9.17. The molecule has 4 aromatic rings. The van der Waals surface area contributed by atoms with Crippen molar-refractivity contribution in [1.29, 1.82) is 0 Å². The predicted octanol–water partition coefficient (Wildman–Crippen LogP) is 5.74. The number of hydrogen-bond acceptors (Lipinski definition) is 2. The number of thiazole rings is 1. The van der Waals surface area contributed by atoms with Gasteiger partial charge in [-0.15, -0.1) is 0 Å². The van der Waals surface area contributed by atoms with Crippen molar-refractivity contribution in [2.24, 2.45) is 0 Å². The Kier molecular flexibility index (Phi) is 4.32. The van der Waals surface area contributed by atoms with Gasteiger partial charge in [0.2, 0.25) is 0 Å². The normalized spacial score (nSPS) is 10.6. The van der Waals surface area contributed by atoms with Crippen LogP contribution in [-0.2, 0) is 0 Å². The fourth-order valence-electron chi connectivity index (χ4n) is 2.81. The Morgan fingerprint density at radius 1 is 0.760 bits per heavy atom. The molecule has 3 heteroatoms. The van der Waals surface area contributed by atoms with E-state index in [-0.39, 0.29) is 0 Å². The van der Waals surface area contributed by atoms with Gasteiger partial charge in [0.05, 0.1) is 0 Å². The number of aryl methyl sites for hydroxylation is 1. The van der Waals surface area contributed by atoms with Crippen molar-refractivity contribution in [2.75, 3.05) is 5.32 Å². The van der Waals surface area contributed by atoms with Gasteiger partial charge < -0.3 is 0 Å². The highest BCUT2D eigenvalue weighted by atomic mass is 32.1. The summed E-state index contributed by atoms with van der Waals surface area (Å²) in [5.74, 6) is 0. The first-order chi connectivity index (χ1) is 12.3. The molecule has 0 aliphatic heterocycles. The summed E-state index contributed by atoms with van der Waals surface area (Å²) in [6.07, 6.45) is 0. The van der Waals surface area contributed by atoms with Crippen LogP contribution >= 0.6 is 11.3 Å². The molecule has 0 saturated carbocycles. The van der Waals surface area contributed by atoms with Crippen molar-refractivity contribution in [3.8, 4) is 16.9 Å². The average molecular weight is 343 g/mol. The van der Waals surface area contributed by atoms with Crippen LogP contribution in [-0.4, -0.2) is 0 Å². The molecular weight excluding hydrogens is 324 g/mol. The molecule has 25 heavy (non-hydrogen) atoms. The van der Waals surface area contributed by atoms with Crippen LogP contribution in [0.2, 0.25) is 0 Å². The molecule has 1 aromatic heterocycles. The summed E-state index contributed by atoms with van der Waals surface area (Å²) < 4.78 is 2.28. The molecule has 0 unspecified atom stereocenters. The Labute approximate surface area is 152 Å². The van der Waals surface area contributed by atoms with Gasteiger partial charge in [-0.25, -0.2) is 5.32 Å². The third-order valence-corrected chi connectivity index (χ3v) is 4.96. The first-order valence-electron chi connectivity index (χ1n) is 8.29. The Morgan fingerprint density at radius 3 is 2.08 bits per heavy atom. The van der Waals surface area contributed by atoms with E-state index in [0.717, 1.165) is 16.5 Å². The quantitative estimate of drug-likeness (QED) is 0.467. The second kappa shape index (κ2) is 6.91. The lowest BCUT2D eigenvalue weighted by atomic mass is 10.1. The van der Waals surface area contributed by atoms with E-state index < -0.39 is 0 Å². The number of benzene rings is 3. The summed E-state index contributed by atoms with van der Waals surface area (Å²) in [5, 5.41) is 6.86. The lowest BCUT2D eigenvalue weighted by molar-refractivity contribution is -0.563. The molecule has 0 amide bonds. The molecule has 4 rings (SSSR count). The lowest BCUT2D eigenvalue weighted by Crippen LogP contribution is -2.33. The molecule has 0 saturated heterocycles. The van der Waals surface area contributed by atoms with Crippen LogP contribution in [0.3, 0.4) is 0 Å². The number of aromatic nitrogens is 1. The van der Waals surface area contributed by atoms with Crippen molar-refractivity contribution in [3.63, 3.8) is 0 Å². The van der Waals surface area contributed by atoms with Crippen molar-refractivity contribution in [3.05, 3.63) is 95.9 Å². The third-order valence-electron chi connectivity index (χ3n) is 4.11. The van der Waals surface area contributed by atoms with E-state index in [1.54, 1.807) is 11.3 Å². The minimum Gasteiger partial charge on any atom is -0.231 e. The van der Waals surface area contributed by atoms with Gasteiger partial charge in [0.15, 0.2) is 5.69 Å². The molecule has 3 aromatic carbocycles. The highest BCUT2D eigenvalue weighted by molar-refractivity contribution is 7.13. The molecule has 2 nitrogen and oxygen atoms in total. The molecule has 0 fully saturated rings. The fraction of sp³-hybridized carbons (Fsp3) is 0.0455. The van der Waals surface area contributed by atoms with Gasteiger partial charge in [0.25, 0.3) is 0 Å². The number of hydrogen-bond donors (Lipinski definition) is 1. The van der Waals surface area contributed by atoms with E-state index in [1.165, 1.54) is 16.8 Å². The molecular formula is C22H19N2S+. The van der Waals surface area contributed by atoms with Gasteiger partial charge in [0.1, 0.15) is 11.4 Å². The Morgan fingerprint density at radius 2 is 1.40 bits per heavy atom. The maximum atomic E-state index is 3.55. The highest BCUT2D eigenvalue weighted by Gasteiger charge is 2.21. The van der Waals surface area contributed by atoms with Crippen LogP contribution in [0, 0.1) is 6.92 Å². The summed E-state index contributed by atoms with van der Waals surface area (Å²) in [7, 11) is 0. The second-order valence-corrected chi connectivity index (χ2v) is 6.81. The third kappa shape index (κ3) is 3.32. The predicted molar refractivity (Wildman–Crippen MR) is 106 cm³/mol. The Bertz CT molecular complexity index is 958. The number of nitrogens with one attached hydrogen (secondary N) is 1. The molecule has 1 N–H and O–H groups in total. The number of rotatable bonds is 4. The van der Waals surface area contributed by atoms with Crippen molar-refractivity contribution in [1.82, 2.24) is 0 Å². The van der Waals surface area contributed by atoms with E-state index in [2.05, 4.69) is 82.9 Å². The maximum Gasteiger partial charge on any atom is 0.344 e. The van der Waals surface area contributed by atoms with Crippen LogP contribution in [0.4, 0.5) is 10.8 Å². The van der Waals surface area contributed by atoms with E-state index in [9.17, 15) is 0 Å². The zero-order valence-electron chi connectivity index (χ0n) is 14.0. The number of para-hydroxylation sites is 2.